The molecule has 1 amide bonds. The van der Waals surface area contributed by atoms with Crippen LogP contribution in [0.2, 0.25) is 0 Å². The van der Waals surface area contributed by atoms with Crippen molar-refractivity contribution in [3.05, 3.63) is 21.9 Å². The van der Waals surface area contributed by atoms with Crippen molar-refractivity contribution in [3.8, 4) is 0 Å². The van der Waals surface area contributed by atoms with Gasteiger partial charge < -0.3 is 4.90 Å². The van der Waals surface area contributed by atoms with Gasteiger partial charge in [-0.25, -0.2) is 8.42 Å². The fourth-order valence-corrected chi connectivity index (χ4v) is 5.08. The number of hydrogen-bond acceptors (Lipinski definition) is 4. The molecule has 0 N–H and O–H groups in total. The molecule has 0 aliphatic heterocycles. The molecule has 0 bridgehead atoms. The molecule has 1 fully saturated rings. The van der Waals surface area contributed by atoms with Gasteiger partial charge in [0.25, 0.3) is 5.91 Å². The highest BCUT2D eigenvalue weighted by Crippen LogP contribution is 2.30. The van der Waals surface area contributed by atoms with Crippen molar-refractivity contribution in [1.29, 1.82) is 0 Å². The molecule has 2 atom stereocenters. The molecule has 19 heavy (non-hydrogen) atoms. The zero-order chi connectivity index (χ0) is 14.2. The van der Waals surface area contributed by atoms with Crippen LogP contribution >= 0.6 is 11.3 Å². The smallest absolute Gasteiger partial charge is 0.254 e. The summed E-state index contributed by atoms with van der Waals surface area (Å²) in [4.78, 5) is 14.0. The van der Waals surface area contributed by atoms with E-state index in [1.807, 2.05) is 17.7 Å². The number of thiophene rings is 1. The van der Waals surface area contributed by atoms with Crippen molar-refractivity contribution >= 4 is 27.1 Å². The van der Waals surface area contributed by atoms with Gasteiger partial charge in [0.2, 0.25) is 0 Å². The molecule has 1 aromatic heterocycles. The van der Waals surface area contributed by atoms with E-state index in [2.05, 4.69) is 0 Å². The highest BCUT2D eigenvalue weighted by atomic mass is 32.2. The average Bonchev–Trinajstić information content (AvgIpc) is 2.94. The molecule has 1 heterocycles. The van der Waals surface area contributed by atoms with E-state index in [-0.39, 0.29) is 11.9 Å². The average molecular weight is 301 g/mol. The Labute approximate surface area is 118 Å². The lowest BCUT2D eigenvalue weighted by Crippen LogP contribution is -2.44. The van der Waals surface area contributed by atoms with Gasteiger partial charge in [-0.3, -0.25) is 4.79 Å². The number of rotatable bonds is 3. The first-order chi connectivity index (χ1) is 8.82. The van der Waals surface area contributed by atoms with Crippen LogP contribution in [0.25, 0.3) is 0 Å². The number of carbonyl (C=O) groups is 1. The minimum Gasteiger partial charge on any atom is -0.337 e. The van der Waals surface area contributed by atoms with Crippen LogP contribution in [-0.2, 0) is 9.84 Å². The molecule has 0 saturated heterocycles. The monoisotopic (exact) mass is 301 g/mol. The minimum atomic E-state index is -3.10. The highest BCUT2D eigenvalue weighted by Gasteiger charge is 2.39. The number of sulfone groups is 1. The molecule has 4 nitrogen and oxygen atoms in total. The van der Waals surface area contributed by atoms with Crippen molar-refractivity contribution < 1.29 is 13.2 Å². The van der Waals surface area contributed by atoms with Gasteiger partial charge in [0, 0.05) is 24.7 Å². The van der Waals surface area contributed by atoms with Crippen LogP contribution in [0.3, 0.4) is 0 Å². The van der Waals surface area contributed by atoms with Gasteiger partial charge in [-0.2, -0.15) is 11.3 Å². The molecule has 1 saturated carbocycles. The van der Waals surface area contributed by atoms with E-state index in [1.54, 1.807) is 11.9 Å². The minimum absolute atomic E-state index is 0.0701. The number of carbonyl (C=O) groups excluding carboxylic acids is 1. The number of aryl methyl sites for hydroxylation is 1. The van der Waals surface area contributed by atoms with Gasteiger partial charge in [0.1, 0.15) is 0 Å². The van der Waals surface area contributed by atoms with Crippen LogP contribution in [0.15, 0.2) is 10.8 Å². The molecule has 6 heteroatoms. The molecule has 2 rings (SSSR count). The summed E-state index contributed by atoms with van der Waals surface area (Å²) < 4.78 is 23.6. The highest BCUT2D eigenvalue weighted by molar-refractivity contribution is 7.91. The lowest BCUT2D eigenvalue weighted by atomic mass is 10.1. The Hall–Kier alpha value is -0.880. The molecular formula is C13H19NO3S2. The normalized spacial score (nSPS) is 23.5. The maximum Gasteiger partial charge on any atom is 0.254 e. The summed E-state index contributed by atoms with van der Waals surface area (Å²) in [5, 5.41) is 3.35. The molecule has 0 spiro atoms. The standard InChI is InChI=1S/C13H19NO3S2/c1-9-7-18-8-10(9)13(15)14(2)11-5-4-6-12(11)19(3,16)17/h7-8,11-12H,4-6H2,1-3H3/t11-,12-/m0/s1. The van der Waals surface area contributed by atoms with E-state index >= 15 is 0 Å². The summed E-state index contributed by atoms with van der Waals surface area (Å²) in [5.74, 6) is -0.0701. The summed E-state index contributed by atoms with van der Waals surface area (Å²) >= 11 is 1.50. The molecule has 0 unspecified atom stereocenters. The van der Waals surface area contributed by atoms with Crippen LogP contribution in [0, 0.1) is 6.92 Å². The number of nitrogens with zero attached hydrogens (tertiary/aromatic N) is 1. The van der Waals surface area contributed by atoms with Gasteiger partial charge >= 0.3 is 0 Å². The molecule has 1 aliphatic carbocycles. The largest absolute Gasteiger partial charge is 0.337 e. The second kappa shape index (κ2) is 5.25. The van der Waals surface area contributed by atoms with Crippen molar-refractivity contribution in [3.63, 3.8) is 0 Å². The molecule has 0 aromatic carbocycles. The Kier molecular flexibility index (Phi) is 4.01. The van der Waals surface area contributed by atoms with E-state index in [9.17, 15) is 13.2 Å². The Morgan fingerprint density at radius 2 is 2.05 bits per heavy atom. The van der Waals surface area contributed by atoms with E-state index in [4.69, 9.17) is 0 Å². The second-order valence-corrected chi connectivity index (χ2v) is 8.26. The third-order valence-electron chi connectivity index (χ3n) is 3.87. The van der Waals surface area contributed by atoms with Gasteiger partial charge in [0.15, 0.2) is 9.84 Å². The maximum absolute atomic E-state index is 12.4. The lowest BCUT2D eigenvalue weighted by Gasteiger charge is -2.28. The quantitative estimate of drug-likeness (QED) is 0.859. The lowest BCUT2D eigenvalue weighted by molar-refractivity contribution is 0.0737. The van der Waals surface area contributed by atoms with E-state index < -0.39 is 15.1 Å². The first kappa shape index (κ1) is 14.5. The summed E-state index contributed by atoms with van der Waals surface area (Å²) in [6, 6.07) is -0.193. The maximum atomic E-state index is 12.4. The summed E-state index contributed by atoms with van der Waals surface area (Å²) in [6.07, 6.45) is 3.56. The van der Waals surface area contributed by atoms with Crippen molar-refractivity contribution in [2.45, 2.75) is 37.5 Å². The molecule has 0 radical (unpaired) electrons. The third-order valence-corrected chi connectivity index (χ3v) is 6.38. The summed E-state index contributed by atoms with van der Waals surface area (Å²) in [6.45, 7) is 1.90. The molecular weight excluding hydrogens is 282 g/mol. The van der Waals surface area contributed by atoms with Gasteiger partial charge in [-0.15, -0.1) is 0 Å². The summed E-state index contributed by atoms with van der Waals surface area (Å²) in [7, 11) is -1.38. The Morgan fingerprint density at radius 1 is 1.37 bits per heavy atom. The predicted molar refractivity (Wildman–Crippen MR) is 77.4 cm³/mol. The predicted octanol–water partition coefficient (Wildman–Crippen LogP) is 2.09. The first-order valence-electron chi connectivity index (χ1n) is 6.31. The summed E-state index contributed by atoms with van der Waals surface area (Å²) in [5.41, 5.74) is 1.64. The fourth-order valence-electron chi connectivity index (χ4n) is 2.77. The molecule has 1 aliphatic rings. The fraction of sp³-hybridized carbons (Fsp3) is 0.615. The SMILES string of the molecule is Cc1cscc1C(=O)N(C)[C@H]1CCC[C@@H]1S(C)(=O)=O. The Balaban J connectivity index is 2.22. The van der Waals surface area contributed by atoms with Crippen molar-refractivity contribution in [2.24, 2.45) is 0 Å². The van der Waals surface area contributed by atoms with Crippen LogP contribution in [-0.4, -0.2) is 43.8 Å². The van der Waals surface area contributed by atoms with Crippen molar-refractivity contribution in [1.82, 2.24) is 4.90 Å². The zero-order valence-corrected chi connectivity index (χ0v) is 13.1. The zero-order valence-electron chi connectivity index (χ0n) is 11.4. The van der Waals surface area contributed by atoms with Crippen molar-refractivity contribution in [2.75, 3.05) is 13.3 Å². The molecule has 1 aromatic rings. The number of hydrogen-bond donors (Lipinski definition) is 0. The van der Waals surface area contributed by atoms with E-state index in [0.717, 1.165) is 18.4 Å². The van der Waals surface area contributed by atoms with Gasteiger partial charge in [-0.05, 0) is 37.1 Å². The number of amides is 1. The third kappa shape index (κ3) is 2.84. The van der Waals surface area contributed by atoms with E-state index in [1.165, 1.54) is 17.6 Å². The van der Waals surface area contributed by atoms with E-state index in [0.29, 0.717) is 12.0 Å². The molecule has 106 valence electrons. The topological polar surface area (TPSA) is 54.5 Å². The van der Waals surface area contributed by atoms with Gasteiger partial charge in [0.05, 0.1) is 10.8 Å². The van der Waals surface area contributed by atoms with Crippen LogP contribution in [0.5, 0.6) is 0 Å². The van der Waals surface area contributed by atoms with Crippen LogP contribution in [0.1, 0.15) is 35.2 Å². The Morgan fingerprint density at radius 3 is 2.58 bits per heavy atom. The van der Waals surface area contributed by atoms with Crippen LogP contribution < -0.4 is 0 Å². The Bertz CT molecular complexity index is 576. The van der Waals surface area contributed by atoms with Gasteiger partial charge in [-0.1, -0.05) is 0 Å². The van der Waals surface area contributed by atoms with Crippen LogP contribution in [0.4, 0.5) is 0 Å². The first-order valence-corrected chi connectivity index (χ1v) is 9.21. The second-order valence-electron chi connectivity index (χ2n) is 5.25.